The van der Waals surface area contributed by atoms with Crippen LogP contribution in [0.3, 0.4) is 0 Å². The van der Waals surface area contributed by atoms with Gasteiger partial charge in [0.25, 0.3) is 0 Å². The molecule has 0 amide bonds. The first kappa shape index (κ1) is 15.3. The van der Waals surface area contributed by atoms with Gasteiger partial charge in [-0.15, -0.1) is 0 Å². The summed E-state index contributed by atoms with van der Waals surface area (Å²) in [6.45, 7) is 3.86. The summed E-state index contributed by atoms with van der Waals surface area (Å²) in [4.78, 5) is 0. The van der Waals surface area contributed by atoms with Gasteiger partial charge in [0.05, 0.1) is 18.8 Å². The van der Waals surface area contributed by atoms with Crippen LogP contribution in [0.5, 0.6) is 5.75 Å². The quantitative estimate of drug-likeness (QED) is 0.788. The number of aliphatic hydroxyl groups excluding tert-OH is 1. The predicted molar refractivity (Wildman–Crippen MR) is 78.5 cm³/mol. The molecule has 0 aromatic heterocycles. The van der Waals surface area contributed by atoms with E-state index in [0.29, 0.717) is 25.0 Å². The summed E-state index contributed by atoms with van der Waals surface area (Å²) < 4.78 is 5.23. The topological polar surface area (TPSA) is 75.7 Å². The van der Waals surface area contributed by atoms with Crippen LogP contribution >= 0.6 is 0 Å². The Labute approximate surface area is 120 Å². The number of benzene rings is 1. The molecule has 0 spiro atoms. The van der Waals surface area contributed by atoms with E-state index in [4.69, 9.17) is 10.5 Å². The van der Waals surface area contributed by atoms with Crippen LogP contribution in [-0.2, 0) is 5.60 Å². The third kappa shape index (κ3) is 2.82. The smallest absolute Gasteiger partial charge is 0.119 e. The minimum Gasteiger partial charge on any atom is -0.497 e. The van der Waals surface area contributed by atoms with Gasteiger partial charge in [-0.05, 0) is 44.4 Å². The normalized spacial score (nSPS) is 31.1. The fourth-order valence-corrected chi connectivity index (χ4v) is 3.40. The maximum Gasteiger partial charge on any atom is 0.119 e. The van der Waals surface area contributed by atoms with Crippen molar-refractivity contribution in [1.82, 2.24) is 0 Å². The SMILES string of the molecule is COc1cccc([C@@]2(O)C[C@@H](O)CC[C@H]2C(C)(C)N)c1. The van der Waals surface area contributed by atoms with Crippen LogP contribution in [0.2, 0.25) is 0 Å². The number of ether oxygens (including phenoxy) is 1. The fraction of sp³-hybridized carbons (Fsp3) is 0.625. The molecule has 0 aliphatic heterocycles. The Morgan fingerprint density at radius 1 is 1.35 bits per heavy atom. The predicted octanol–water partition coefficient (Wildman–Crippen LogP) is 1.78. The molecule has 0 heterocycles. The Balaban J connectivity index is 2.45. The summed E-state index contributed by atoms with van der Waals surface area (Å²) in [5.74, 6) is 0.593. The molecular formula is C16H25NO3. The molecule has 4 nitrogen and oxygen atoms in total. The van der Waals surface area contributed by atoms with E-state index in [9.17, 15) is 10.2 Å². The molecule has 1 aliphatic rings. The summed E-state index contributed by atoms with van der Waals surface area (Å²) in [5.41, 5.74) is 5.39. The Morgan fingerprint density at radius 3 is 2.65 bits per heavy atom. The van der Waals surface area contributed by atoms with Crippen molar-refractivity contribution in [3.63, 3.8) is 0 Å². The van der Waals surface area contributed by atoms with Crippen LogP contribution in [0.25, 0.3) is 0 Å². The van der Waals surface area contributed by atoms with Crippen molar-refractivity contribution >= 4 is 0 Å². The second-order valence-electron chi connectivity index (χ2n) is 6.47. The monoisotopic (exact) mass is 279 g/mol. The van der Waals surface area contributed by atoms with E-state index in [1.807, 2.05) is 38.1 Å². The maximum atomic E-state index is 11.2. The lowest BCUT2D eigenvalue weighted by molar-refractivity contribution is -0.113. The number of hydrogen-bond donors (Lipinski definition) is 3. The second-order valence-corrected chi connectivity index (χ2v) is 6.47. The van der Waals surface area contributed by atoms with Crippen molar-refractivity contribution < 1.29 is 14.9 Å². The van der Waals surface area contributed by atoms with Gasteiger partial charge in [0, 0.05) is 17.9 Å². The number of nitrogens with two attached hydrogens (primary N) is 1. The summed E-state index contributed by atoms with van der Waals surface area (Å²) in [5, 5.41) is 21.2. The lowest BCUT2D eigenvalue weighted by Gasteiger charge is -2.48. The van der Waals surface area contributed by atoms with Crippen LogP contribution in [0, 0.1) is 5.92 Å². The molecule has 0 bridgehead atoms. The van der Waals surface area contributed by atoms with Crippen molar-refractivity contribution in [2.45, 2.75) is 50.4 Å². The Morgan fingerprint density at radius 2 is 2.05 bits per heavy atom. The molecule has 1 aromatic rings. The van der Waals surface area contributed by atoms with Crippen molar-refractivity contribution in [1.29, 1.82) is 0 Å². The second kappa shape index (κ2) is 5.35. The Hall–Kier alpha value is -1.10. The van der Waals surface area contributed by atoms with Gasteiger partial charge in [0.15, 0.2) is 0 Å². The molecule has 1 saturated carbocycles. The molecule has 1 fully saturated rings. The van der Waals surface area contributed by atoms with E-state index in [1.54, 1.807) is 7.11 Å². The lowest BCUT2D eigenvalue weighted by Crippen LogP contribution is -2.55. The minimum atomic E-state index is -1.12. The third-order valence-corrected chi connectivity index (χ3v) is 4.38. The number of aliphatic hydroxyl groups is 2. The van der Waals surface area contributed by atoms with Gasteiger partial charge >= 0.3 is 0 Å². The van der Waals surface area contributed by atoms with Gasteiger partial charge in [-0.1, -0.05) is 12.1 Å². The van der Waals surface area contributed by atoms with Gasteiger partial charge in [0.1, 0.15) is 5.75 Å². The van der Waals surface area contributed by atoms with Gasteiger partial charge < -0.3 is 20.7 Å². The highest BCUT2D eigenvalue weighted by Gasteiger charge is 2.48. The highest BCUT2D eigenvalue weighted by atomic mass is 16.5. The van der Waals surface area contributed by atoms with E-state index in [-0.39, 0.29) is 5.92 Å². The lowest BCUT2D eigenvalue weighted by atomic mass is 9.64. The summed E-state index contributed by atoms with van der Waals surface area (Å²) in [7, 11) is 1.60. The molecule has 0 radical (unpaired) electrons. The first-order valence-electron chi connectivity index (χ1n) is 7.11. The van der Waals surface area contributed by atoms with E-state index in [0.717, 1.165) is 5.56 Å². The zero-order chi connectivity index (χ0) is 15.0. The van der Waals surface area contributed by atoms with Gasteiger partial charge in [-0.3, -0.25) is 0 Å². The van der Waals surface area contributed by atoms with Crippen LogP contribution in [-0.4, -0.2) is 29.0 Å². The first-order chi connectivity index (χ1) is 9.27. The van der Waals surface area contributed by atoms with Crippen molar-refractivity contribution in [2.24, 2.45) is 11.7 Å². The molecule has 4 N–H and O–H groups in total. The van der Waals surface area contributed by atoms with E-state index >= 15 is 0 Å². The average Bonchev–Trinajstić information content (AvgIpc) is 2.37. The Kier molecular flexibility index (Phi) is 4.09. The largest absolute Gasteiger partial charge is 0.497 e. The van der Waals surface area contributed by atoms with Crippen molar-refractivity contribution in [2.75, 3.05) is 7.11 Å². The molecule has 3 atom stereocenters. The molecule has 2 rings (SSSR count). The highest BCUT2D eigenvalue weighted by molar-refractivity contribution is 5.34. The molecule has 1 aliphatic carbocycles. The molecule has 0 unspecified atom stereocenters. The molecule has 1 aromatic carbocycles. The van der Waals surface area contributed by atoms with Gasteiger partial charge in [-0.2, -0.15) is 0 Å². The van der Waals surface area contributed by atoms with Crippen molar-refractivity contribution in [3.8, 4) is 5.75 Å². The zero-order valence-corrected chi connectivity index (χ0v) is 12.5. The van der Waals surface area contributed by atoms with E-state index in [1.165, 1.54) is 0 Å². The third-order valence-electron chi connectivity index (χ3n) is 4.38. The fourth-order valence-electron chi connectivity index (χ4n) is 3.40. The summed E-state index contributed by atoms with van der Waals surface area (Å²) >= 11 is 0. The maximum absolute atomic E-state index is 11.2. The molecular weight excluding hydrogens is 254 g/mol. The van der Waals surface area contributed by atoms with Gasteiger partial charge in [0.2, 0.25) is 0 Å². The zero-order valence-electron chi connectivity index (χ0n) is 12.5. The standard InChI is InChI=1S/C16H25NO3/c1-15(2,17)14-8-7-12(18)10-16(14,19)11-5-4-6-13(9-11)20-3/h4-6,9,12,14,18-19H,7-8,10,17H2,1-3H3/t12-,14-,16-/m0/s1. The van der Waals surface area contributed by atoms with Crippen LogP contribution in [0.4, 0.5) is 0 Å². The first-order valence-corrected chi connectivity index (χ1v) is 7.11. The highest BCUT2D eigenvalue weighted by Crippen LogP contribution is 2.46. The van der Waals surface area contributed by atoms with Gasteiger partial charge in [-0.25, -0.2) is 0 Å². The number of hydrogen-bond acceptors (Lipinski definition) is 4. The van der Waals surface area contributed by atoms with E-state index in [2.05, 4.69) is 0 Å². The Bertz CT molecular complexity index is 469. The summed E-state index contributed by atoms with van der Waals surface area (Å²) in [6, 6.07) is 7.40. The number of rotatable bonds is 3. The van der Waals surface area contributed by atoms with Crippen LogP contribution < -0.4 is 10.5 Å². The van der Waals surface area contributed by atoms with Crippen molar-refractivity contribution in [3.05, 3.63) is 29.8 Å². The molecule has 4 heteroatoms. The molecule has 112 valence electrons. The molecule has 0 saturated heterocycles. The molecule has 20 heavy (non-hydrogen) atoms. The summed E-state index contributed by atoms with van der Waals surface area (Å²) in [6.07, 6.45) is 1.20. The number of methoxy groups -OCH3 is 1. The van der Waals surface area contributed by atoms with E-state index < -0.39 is 17.2 Å². The average molecular weight is 279 g/mol. The minimum absolute atomic E-state index is 0.106. The van der Waals surface area contributed by atoms with Crippen LogP contribution in [0.1, 0.15) is 38.7 Å². The van der Waals surface area contributed by atoms with Crippen LogP contribution in [0.15, 0.2) is 24.3 Å².